The second kappa shape index (κ2) is 11.8. The van der Waals surface area contributed by atoms with E-state index in [0.29, 0.717) is 0 Å². The van der Waals surface area contributed by atoms with Gasteiger partial charge in [0, 0.05) is 0 Å². The molecular formula is C14H28O. The number of hydrogen-bond donors (Lipinski definition) is 1. The summed E-state index contributed by atoms with van der Waals surface area (Å²) in [6, 6.07) is 0. The summed E-state index contributed by atoms with van der Waals surface area (Å²) in [7, 11) is 0. The first-order chi connectivity index (χ1) is 7.31. The van der Waals surface area contributed by atoms with Crippen molar-refractivity contribution in [2.45, 2.75) is 77.7 Å². The molecule has 1 atom stereocenters. The lowest BCUT2D eigenvalue weighted by Gasteiger charge is -2.05. The van der Waals surface area contributed by atoms with Crippen molar-refractivity contribution in [1.29, 1.82) is 0 Å². The van der Waals surface area contributed by atoms with E-state index in [9.17, 15) is 5.11 Å². The lowest BCUT2D eigenvalue weighted by molar-refractivity contribution is 0.207. The smallest absolute Gasteiger partial charge is 0.0720 e. The van der Waals surface area contributed by atoms with Gasteiger partial charge < -0.3 is 5.11 Å². The average Bonchev–Trinajstić information content (AvgIpc) is 2.23. The van der Waals surface area contributed by atoms with Gasteiger partial charge in [-0.05, 0) is 12.8 Å². The summed E-state index contributed by atoms with van der Waals surface area (Å²) in [6.45, 7) is 4.40. The van der Waals surface area contributed by atoms with Gasteiger partial charge in [0.1, 0.15) is 0 Å². The quantitative estimate of drug-likeness (QED) is 0.419. The van der Waals surface area contributed by atoms with Gasteiger partial charge in [-0.15, -0.1) is 0 Å². The van der Waals surface area contributed by atoms with E-state index in [2.05, 4.69) is 19.9 Å². The molecule has 0 bridgehead atoms. The maximum Gasteiger partial charge on any atom is 0.0720 e. The molecule has 0 spiro atoms. The van der Waals surface area contributed by atoms with Gasteiger partial charge in [0.2, 0.25) is 0 Å². The normalized spacial score (nSPS) is 13.5. The molecule has 0 aromatic rings. The molecule has 0 aliphatic rings. The minimum absolute atomic E-state index is 0.206. The van der Waals surface area contributed by atoms with Crippen LogP contribution in [0.1, 0.15) is 71.6 Å². The summed E-state index contributed by atoms with van der Waals surface area (Å²) < 4.78 is 0. The van der Waals surface area contributed by atoms with Crippen molar-refractivity contribution in [2.75, 3.05) is 0 Å². The van der Waals surface area contributed by atoms with E-state index in [0.717, 1.165) is 12.8 Å². The molecule has 0 aliphatic heterocycles. The van der Waals surface area contributed by atoms with Crippen molar-refractivity contribution in [3.8, 4) is 0 Å². The average molecular weight is 212 g/mol. The van der Waals surface area contributed by atoms with Crippen LogP contribution in [0.25, 0.3) is 0 Å². The summed E-state index contributed by atoms with van der Waals surface area (Å²) in [5.74, 6) is 0. The van der Waals surface area contributed by atoms with Crippen LogP contribution >= 0.6 is 0 Å². The van der Waals surface area contributed by atoms with E-state index >= 15 is 0 Å². The lowest BCUT2D eigenvalue weighted by Crippen LogP contribution is -2.01. The molecule has 1 heteroatoms. The highest BCUT2D eigenvalue weighted by Crippen LogP contribution is 2.09. The molecule has 0 amide bonds. The molecule has 15 heavy (non-hydrogen) atoms. The Kier molecular flexibility index (Phi) is 11.5. The summed E-state index contributed by atoms with van der Waals surface area (Å²) in [4.78, 5) is 0. The van der Waals surface area contributed by atoms with Crippen molar-refractivity contribution in [3.63, 3.8) is 0 Å². The summed E-state index contributed by atoms with van der Waals surface area (Å²) in [5.41, 5.74) is 0. The second-order valence-electron chi connectivity index (χ2n) is 4.34. The van der Waals surface area contributed by atoms with Gasteiger partial charge in [-0.3, -0.25) is 0 Å². The highest BCUT2D eigenvalue weighted by Gasteiger charge is 1.98. The predicted molar refractivity (Wildman–Crippen MR) is 68.0 cm³/mol. The molecule has 0 aliphatic carbocycles. The molecule has 0 aromatic carbocycles. The summed E-state index contributed by atoms with van der Waals surface area (Å²) in [5, 5.41) is 9.59. The van der Waals surface area contributed by atoms with E-state index in [1.54, 1.807) is 0 Å². The molecule has 1 unspecified atom stereocenters. The Labute approximate surface area is 95.6 Å². The highest BCUT2D eigenvalue weighted by molar-refractivity contribution is 4.87. The SMILES string of the molecule is CCCC=CC(O)CCCCCCCC. The number of aliphatic hydroxyl groups excluding tert-OH is 1. The van der Waals surface area contributed by atoms with Gasteiger partial charge in [0.05, 0.1) is 6.10 Å². The minimum Gasteiger partial charge on any atom is -0.389 e. The van der Waals surface area contributed by atoms with Crippen LogP contribution in [0.3, 0.4) is 0 Å². The zero-order valence-electron chi connectivity index (χ0n) is 10.5. The maximum atomic E-state index is 9.59. The largest absolute Gasteiger partial charge is 0.389 e. The van der Waals surface area contributed by atoms with Gasteiger partial charge in [0.15, 0.2) is 0 Å². The van der Waals surface area contributed by atoms with E-state index < -0.39 is 0 Å². The van der Waals surface area contributed by atoms with Crippen LogP contribution in [0.15, 0.2) is 12.2 Å². The number of allylic oxidation sites excluding steroid dienone is 1. The van der Waals surface area contributed by atoms with Crippen molar-refractivity contribution in [1.82, 2.24) is 0 Å². The second-order valence-corrected chi connectivity index (χ2v) is 4.34. The Morgan fingerprint density at radius 2 is 1.60 bits per heavy atom. The Balaban J connectivity index is 3.19. The third-order valence-corrected chi connectivity index (χ3v) is 2.67. The zero-order chi connectivity index (χ0) is 11.4. The standard InChI is InChI=1S/C14H28O/c1-3-5-7-8-9-11-13-14(15)12-10-6-4-2/h10,12,14-15H,3-9,11,13H2,1-2H3. The van der Waals surface area contributed by atoms with E-state index in [-0.39, 0.29) is 6.10 Å². The van der Waals surface area contributed by atoms with Crippen molar-refractivity contribution in [2.24, 2.45) is 0 Å². The van der Waals surface area contributed by atoms with Gasteiger partial charge in [-0.2, -0.15) is 0 Å². The topological polar surface area (TPSA) is 20.2 Å². The van der Waals surface area contributed by atoms with E-state index in [1.165, 1.54) is 44.9 Å². The fraction of sp³-hybridized carbons (Fsp3) is 0.857. The Bertz CT molecular complexity index is 140. The molecule has 0 radical (unpaired) electrons. The van der Waals surface area contributed by atoms with E-state index in [4.69, 9.17) is 0 Å². The van der Waals surface area contributed by atoms with Crippen LogP contribution in [-0.4, -0.2) is 11.2 Å². The van der Waals surface area contributed by atoms with Crippen LogP contribution in [0, 0.1) is 0 Å². The molecule has 90 valence electrons. The lowest BCUT2D eigenvalue weighted by atomic mass is 10.1. The predicted octanol–water partition coefficient (Wildman–Crippen LogP) is 4.45. The fourth-order valence-corrected chi connectivity index (χ4v) is 1.65. The van der Waals surface area contributed by atoms with E-state index in [1.807, 2.05) is 6.08 Å². The maximum absolute atomic E-state index is 9.59. The first-order valence-electron chi connectivity index (χ1n) is 6.66. The molecule has 0 rings (SSSR count). The Morgan fingerprint density at radius 1 is 0.933 bits per heavy atom. The first-order valence-corrected chi connectivity index (χ1v) is 6.66. The first kappa shape index (κ1) is 14.7. The molecule has 0 fully saturated rings. The molecular weight excluding hydrogens is 184 g/mol. The van der Waals surface area contributed by atoms with Crippen molar-refractivity contribution < 1.29 is 5.11 Å². The molecule has 0 aromatic heterocycles. The summed E-state index contributed by atoms with van der Waals surface area (Å²) >= 11 is 0. The molecule has 1 N–H and O–H groups in total. The molecule has 0 saturated heterocycles. The molecule has 0 saturated carbocycles. The zero-order valence-corrected chi connectivity index (χ0v) is 10.5. The monoisotopic (exact) mass is 212 g/mol. The van der Waals surface area contributed by atoms with Crippen molar-refractivity contribution >= 4 is 0 Å². The minimum atomic E-state index is -0.206. The van der Waals surface area contributed by atoms with Gasteiger partial charge in [0.25, 0.3) is 0 Å². The van der Waals surface area contributed by atoms with Crippen LogP contribution < -0.4 is 0 Å². The van der Waals surface area contributed by atoms with Crippen LogP contribution in [0.5, 0.6) is 0 Å². The number of rotatable bonds is 10. The molecule has 0 heterocycles. The Hall–Kier alpha value is -0.300. The number of aliphatic hydroxyl groups is 1. The Morgan fingerprint density at radius 3 is 2.27 bits per heavy atom. The third-order valence-electron chi connectivity index (χ3n) is 2.67. The van der Waals surface area contributed by atoms with Gasteiger partial charge in [-0.25, -0.2) is 0 Å². The van der Waals surface area contributed by atoms with Crippen LogP contribution in [-0.2, 0) is 0 Å². The van der Waals surface area contributed by atoms with Crippen LogP contribution in [0.2, 0.25) is 0 Å². The highest BCUT2D eigenvalue weighted by atomic mass is 16.3. The summed E-state index contributed by atoms with van der Waals surface area (Å²) in [6.07, 6.45) is 14.8. The fourth-order valence-electron chi connectivity index (χ4n) is 1.65. The number of hydrogen-bond acceptors (Lipinski definition) is 1. The van der Waals surface area contributed by atoms with Crippen LogP contribution in [0.4, 0.5) is 0 Å². The van der Waals surface area contributed by atoms with Crippen molar-refractivity contribution in [3.05, 3.63) is 12.2 Å². The van der Waals surface area contributed by atoms with Gasteiger partial charge >= 0.3 is 0 Å². The molecule has 1 nitrogen and oxygen atoms in total. The number of unbranched alkanes of at least 4 members (excludes halogenated alkanes) is 6. The van der Waals surface area contributed by atoms with Gasteiger partial charge in [-0.1, -0.05) is 70.9 Å². The third kappa shape index (κ3) is 11.6.